The topological polar surface area (TPSA) is 82.3 Å². The summed E-state index contributed by atoms with van der Waals surface area (Å²) in [4.78, 5) is 24.3. The van der Waals surface area contributed by atoms with E-state index in [1.807, 2.05) is 11.0 Å². The number of carbonyl (C=O) groups is 1. The van der Waals surface area contributed by atoms with Crippen LogP contribution in [-0.4, -0.2) is 61.2 Å². The zero-order chi connectivity index (χ0) is 15.2. The van der Waals surface area contributed by atoms with Crippen molar-refractivity contribution in [2.75, 3.05) is 45.3 Å². The minimum Gasteiger partial charge on any atom is -0.384 e. The number of hydrogen-bond donors (Lipinski definition) is 0. The molecule has 0 saturated carbocycles. The maximum atomic E-state index is 12.5. The molecule has 2 atom stereocenters. The molecule has 0 bridgehead atoms. The fraction of sp³-hybridized carbons (Fsp3) is 0.571. The van der Waals surface area contributed by atoms with Crippen molar-refractivity contribution in [3.63, 3.8) is 0 Å². The van der Waals surface area contributed by atoms with E-state index in [1.54, 1.807) is 32.7 Å². The molecule has 1 aliphatic heterocycles. The Morgan fingerprint density at radius 3 is 3.00 bits per heavy atom. The van der Waals surface area contributed by atoms with Crippen LogP contribution in [0.15, 0.2) is 18.6 Å². The lowest BCUT2D eigenvalue weighted by atomic mass is 9.95. The van der Waals surface area contributed by atoms with Crippen molar-refractivity contribution in [3.8, 4) is 6.07 Å². The Balaban J connectivity index is 2.12. The molecule has 0 spiro atoms. The predicted octanol–water partition coefficient (Wildman–Crippen LogP) is 0.157. The van der Waals surface area contributed by atoms with Gasteiger partial charge in [0.2, 0.25) is 5.91 Å². The van der Waals surface area contributed by atoms with Gasteiger partial charge in [-0.1, -0.05) is 0 Å². The van der Waals surface area contributed by atoms with Gasteiger partial charge in [-0.2, -0.15) is 5.26 Å². The summed E-state index contributed by atoms with van der Waals surface area (Å²) in [7, 11) is 3.28. The first-order valence-corrected chi connectivity index (χ1v) is 6.79. The van der Waals surface area contributed by atoms with Crippen LogP contribution in [-0.2, 0) is 9.53 Å². The molecular weight excluding hydrogens is 270 g/mol. The van der Waals surface area contributed by atoms with Crippen LogP contribution >= 0.6 is 0 Å². The van der Waals surface area contributed by atoms with Gasteiger partial charge in [-0.3, -0.25) is 9.78 Å². The van der Waals surface area contributed by atoms with Crippen molar-refractivity contribution in [2.45, 2.75) is 0 Å². The Morgan fingerprint density at radius 1 is 1.57 bits per heavy atom. The summed E-state index contributed by atoms with van der Waals surface area (Å²) in [5.41, 5.74) is 0. The summed E-state index contributed by atoms with van der Waals surface area (Å²) < 4.78 is 5.23. The number of carbonyl (C=O) groups excluding carboxylic acids is 1. The monoisotopic (exact) mass is 289 g/mol. The van der Waals surface area contributed by atoms with Crippen LogP contribution in [0.2, 0.25) is 0 Å². The minimum atomic E-state index is -0.190. The fourth-order valence-corrected chi connectivity index (χ4v) is 2.64. The van der Waals surface area contributed by atoms with E-state index in [1.165, 1.54) is 4.90 Å². The second-order valence-corrected chi connectivity index (χ2v) is 5.14. The third-order valence-corrected chi connectivity index (χ3v) is 3.70. The number of aromatic nitrogens is 2. The van der Waals surface area contributed by atoms with Crippen molar-refractivity contribution in [2.24, 2.45) is 11.8 Å². The SMILES string of the molecule is COC[C@@H]1CN(c2cnccn2)C[C@H]1C(=O)N(C)CC#N. The first kappa shape index (κ1) is 15.2. The van der Waals surface area contributed by atoms with Crippen LogP contribution in [0.25, 0.3) is 0 Å². The average molecular weight is 289 g/mol. The molecule has 1 saturated heterocycles. The van der Waals surface area contributed by atoms with Gasteiger partial charge in [-0.15, -0.1) is 0 Å². The Morgan fingerprint density at radius 2 is 2.38 bits per heavy atom. The maximum Gasteiger partial charge on any atom is 0.228 e. The van der Waals surface area contributed by atoms with Crippen LogP contribution < -0.4 is 4.90 Å². The zero-order valence-electron chi connectivity index (χ0n) is 12.3. The van der Waals surface area contributed by atoms with E-state index in [4.69, 9.17) is 10.00 Å². The number of nitriles is 1. The predicted molar refractivity (Wildman–Crippen MR) is 76.4 cm³/mol. The zero-order valence-corrected chi connectivity index (χ0v) is 12.3. The van der Waals surface area contributed by atoms with E-state index < -0.39 is 0 Å². The van der Waals surface area contributed by atoms with E-state index in [0.29, 0.717) is 19.7 Å². The van der Waals surface area contributed by atoms with Gasteiger partial charge in [0.05, 0.1) is 24.8 Å². The number of nitrogens with zero attached hydrogens (tertiary/aromatic N) is 5. The summed E-state index contributed by atoms with van der Waals surface area (Å²) >= 11 is 0. The van der Waals surface area contributed by atoms with Gasteiger partial charge in [0.15, 0.2) is 0 Å². The van der Waals surface area contributed by atoms with Crippen molar-refractivity contribution in [1.82, 2.24) is 14.9 Å². The molecule has 1 aliphatic rings. The number of hydrogen-bond acceptors (Lipinski definition) is 6. The molecule has 1 fully saturated rings. The van der Waals surface area contributed by atoms with Gasteiger partial charge in [0, 0.05) is 45.6 Å². The number of methoxy groups -OCH3 is 1. The van der Waals surface area contributed by atoms with Crippen LogP contribution in [0.5, 0.6) is 0 Å². The molecular formula is C14H19N5O2. The van der Waals surface area contributed by atoms with Gasteiger partial charge in [-0.05, 0) is 0 Å². The normalized spacial score (nSPS) is 21.1. The van der Waals surface area contributed by atoms with E-state index in [-0.39, 0.29) is 24.3 Å². The first-order valence-electron chi connectivity index (χ1n) is 6.79. The Bertz CT molecular complexity index is 516. The molecule has 7 nitrogen and oxygen atoms in total. The van der Waals surface area contributed by atoms with Crippen molar-refractivity contribution >= 4 is 11.7 Å². The standard InChI is InChI=1S/C14H19N5O2/c1-18(6-3-15)14(20)12-9-19(8-11(12)10-21-2)13-7-16-4-5-17-13/h4-5,7,11-12H,6,8-10H2,1-2H3/t11-,12+/m0/s1. The number of amides is 1. The molecule has 0 aliphatic carbocycles. The average Bonchev–Trinajstić information content (AvgIpc) is 2.92. The lowest BCUT2D eigenvalue weighted by Gasteiger charge is -2.21. The van der Waals surface area contributed by atoms with E-state index in [0.717, 1.165) is 5.82 Å². The van der Waals surface area contributed by atoms with E-state index in [9.17, 15) is 4.79 Å². The van der Waals surface area contributed by atoms with Crippen LogP contribution in [0.1, 0.15) is 0 Å². The molecule has 0 unspecified atom stereocenters. The molecule has 1 amide bonds. The van der Waals surface area contributed by atoms with Crippen molar-refractivity contribution in [3.05, 3.63) is 18.6 Å². The van der Waals surface area contributed by atoms with E-state index in [2.05, 4.69) is 9.97 Å². The third-order valence-electron chi connectivity index (χ3n) is 3.70. The molecule has 0 radical (unpaired) electrons. The minimum absolute atomic E-state index is 0.0232. The van der Waals surface area contributed by atoms with Crippen LogP contribution in [0.3, 0.4) is 0 Å². The van der Waals surface area contributed by atoms with Gasteiger partial charge >= 0.3 is 0 Å². The van der Waals surface area contributed by atoms with Gasteiger partial charge in [-0.25, -0.2) is 4.98 Å². The molecule has 2 heterocycles. The maximum absolute atomic E-state index is 12.5. The lowest BCUT2D eigenvalue weighted by molar-refractivity contribution is -0.134. The number of rotatable bonds is 5. The highest BCUT2D eigenvalue weighted by Gasteiger charge is 2.39. The van der Waals surface area contributed by atoms with Crippen LogP contribution in [0.4, 0.5) is 5.82 Å². The summed E-state index contributed by atoms with van der Waals surface area (Å²) in [5, 5.41) is 8.73. The smallest absolute Gasteiger partial charge is 0.228 e. The largest absolute Gasteiger partial charge is 0.384 e. The summed E-state index contributed by atoms with van der Waals surface area (Å²) in [6, 6.07) is 2.00. The molecule has 7 heteroatoms. The quantitative estimate of drug-likeness (QED) is 0.718. The number of anilines is 1. The summed E-state index contributed by atoms with van der Waals surface area (Å²) in [6.45, 7) is 1.87. The molecule has 0 N–H and O–H groups in total. The van der Waals surface area contributed by atoms with Crippen LogP contribution in [0, 0.1) is 23.2 Å². The third kappa shape index (κ3) is 3.47. The Labute approximate surface area is 124 Å². The fourth-order valence-electron chi connectivity index (χ4n) is 2.64. The van der Waals surface area contributed by atoms with Gasteiger partial charge in [0.25, 0.3) is 0 Å². The molecule has 1 aromatic heterocycles. The molecule has 21 heavy (non-hydrogen) atoms. The molecule has 2 rings (SSSR count). The molecule has 0 aromatic carbocycles. The highest BCUT2D eigenvalue weighted by atomic mass is 16.5. The number of ether oxygens (including phenoxy) is 1. The highest BCUT2D eigenvalue weighted by Crippen LogP contribution is 2.28. The van der Waals surface area contributed by atoms with Gasteiger partial charge < -0.3 is 14.5 Å². The van der Waals surface area contributed by atoms with E-state index >= 15 is 0 Å². The van der Waals surface area contributed by atoms with Crippen molar-refractivity contribution in [1.29, 1.82) is 5.26 Å². The second-order valence-electron chi connectivity index (χ2n) is 5.14. The lowest BCUT2D eigenvalue weighted by Crippen LogP contribution is -2.38. The molecule has 1 aromatic rings. The summed E-state index contributed by atoms with van der Waals surface area (Å²) in [5.74, 6) is 0.637. The van der Waals surface area contributed by atoms with Crippen molar-refractivity contribution < 1.29 is 9.53 Å². The highest BCUT2D eigenvalue weighted by molar-refractivity contribution is 5.80. The Kier molecular flexibility index (Phi) is 5.06. The summed E-state index contributed by atoms with van der Waals surface area (Å²) in [6.07, 6.45) is 4.95. The second kappa shape index (κ2) is 6.99. The van der Waals surface area contributed by atoms with Gasteiger partial charge in [0.1, 0.15) is 12.4 Å². The Hall–Kier alpha value is -2.20. The first-order chi connectivity index (χ1) is 10.2. The molecule has 112 valence electrons.